The average molecular weight is 190 g/mol. The molecule has 3 N–H and O–H groups in total. The van der Waals surface area contributed by atoms with Crippen LogP contribution in [-0.2, 0) is 10.1 Å². The van der Waals surface area contributed by atoms with Gasteiger partial charge in [0.2, 0.25) is 0 Å². The highest BCUT2D eigenvalue weighted by Crippen LogP contribution is 2.31. The van der Waals surface area contributed by atoms with Crippen LogP contribution in [0.25, 0.3) is 0 Å². The summed E-state index contributed by atoms with van der Waals surface area (Å²) in [6, 6.07) is 3.27. The van der Waals surface area contributed by atoms with E-state index in [1.54, 1.807) is 0 Å². The van der Waals surface area contributed by atoms with Gasteiger partial charge in [0.25, 0.3) is 10.1 Å². The van der Waals surface area contributed by atoms with Gasteiger partial charge in [-0.3, -0.25) is 4.55 Å². The molecular formula is C6H6O5S. The van der Waals surface area contributed by atoms with Crippen LogP contribution in [0, 0.1) is 0 Å². The van der Waals surface area contributed by atoms with E-state index in [9.17, 15) is 8.42 Å². The molecule has 0 heterocycles. The largest absolute Gasteiger partial charge is 0.504 e. The summed E-state index contributed by atoms with van der Waals surface area (Å²) in [4.78, 5) is -0.706. The van der Waals surface area contributed by atoms with E-state index in [2.05, 4.69) is 0 Å². The number of hydrogen-bond acceptors (Lipinski definition) is 4. The van der Waals surface area contributed by atoms with Gasteiger partial charge < -0.3 is 10.2 Å². The number of para-hydroxylation sites is 1. The van der Waals surface area contributed by atoms with Crippen molar-refractivity contribution in [3.05, 3.63) is 18.2 Å². The summed E-state index contributed by atoms with van der Waals surface area (Å²) in [7, 11) is -4.47. The third-order valence-electron chi connectivity index (χ3n) is 1.26. The number of rotatable bonds is 1. The minimum Gasteiger partial charge on any atom is -0.504 e. The van der Waals surface area contributed by atoms with E-state index in [4.69, 9.17) is 14.8 Å². The monoisotopic (exact) mass is 190 g/mol. The van der Waals surface area contributed by atoms with Crippen LogP contribution in [0.15, 0.2) is 23.1 Å². The van der Waals surface area contributed by atoms with E-state index < -0.39 is 26.5 Å². The second-order valence-electron chi connectivity index (χ2n) is 2.10. The Balaban J connectivity index is 3.47. The molecule has 0 fully saturated rings. The molecule has 0 radical (unpaired) electrons. The highest BCUT2D eigenvalue weighted by Gasteiger charge is 2.16. The quantitative estimate of drug-likeness (QED) is 0.438. The molecule has 6 heteroatoms. The van der Waals surface area contributed by atoms with Crippen LogP contribution in [-0.4, -0.2) is 23.2 Å². The van der Waals surface area contributed by atoms with Gasteiger partial charge in [-0.1, -0.05) is 6.07 Å². The summed E-state index contributed by atoms with van der Waals surface area (Å²) < 4.78 is 29.5. The van der Waals surface area contributed by atoms with E-state index in [1.807, 2.05) is 0 Å². The summed E-state index contributed by atoms with van der Waals surface area (Å²) in [6.07, 6.45) is 0. The molecule has 0 aliphatic heterocycles. The molecule has 1 rings (SSSR count). The second-order valence-corrected chi connectivity index (χ2v) is 3.49. The van der Waals surface area contributed by atoms with Crippen LogP contribution >= 0.6 is 0 Å². The lowest BCUT2D eigenvalue weighted by molar-refractivity contribution is 0.389. The van der Waals surface area contributed by atoms with Gasteiger partial charge in [0.05, 0.1) is 0 Å². The molecule has 0 spiro atoms. The highest BCUT2D eigenvalue weighted by molar-refractivity contribution is 7.86. The van der Waals surface area contributed by atoms with Gasteiger partial charge in [0, 0.05) is 0 Å². The van der Waals surface area contributed by atoms with Gasteiger partial charge in [-0.2, -0.15) is 8.42 Å². The van der Waals surface area contributed by atoms with Gasteiger partial charge in [0.15, 0.2) is 11.5 Å². The SMILES string of the molecule is O=S(=O)(O)c1cccc(O)c1O. The van der Waals surface area contributed by atoms with Crippen molar-refractivity contribution in [2.24, 2.45) is 0 Å². The van der Waals surface area contributed by atoms with Crippen LogP contribution in [0.2, 0.25) is 0 Å². The molecule has 0 amide bonds. The maximum atomic E-state index is 10.5. The van der Waals surface area contributed by atoms with Gasteiger partial charge >= 0.3 is 0 Å². The van der Waals surface area contributed by atoms with Crippen LogP contribution in [0.4, 0.5) is 0 Å². The number of phenolic OH excluding ortho intramolecular Hbond substituents is 2. The lowest BCUT2D eigenvalue weighted by Crippen LogP contribution is -1.97. The van der Waals surface area contributed by atoms with E-state index in [-0.39, 0.29) is 0 Å². The van der Waals surface area contributed by atoms with Gasteiger partial charge in [-0.25, -0.2) is 0 Å². The van der Waals surface area contributed by atoms with Crippen LogP contribution in [0.1, 0.15) is 0 Å². The Morgan fingerprint density at radius 1 is 1.17 bits per heavy atom. The smallest absolute Gasteiger partial charge is 0.298 e. The van der Waals surface area contributed by atoms with E-state index in [1.165, 1.54) is 6.07 Å². The fourth-order valence-corrected chi connectivity index (χ4v) is 1.32. The molecule has 1 aromatic rings. The number of benzene rings is 1. The zero-order valence-electron chi connectivity index (χ0n) is 5.80. The highest BCUT2D eigenvalue weighted by atomic mass is 32.2. The van der Waals surface area contributed by atoms with E-state index >= 15 is 0 Å². The minimum atomic E-state index is -4.47. The third kappa shape index (κ3) is 1.49. The van der Waals surface area contributed by atoms with Gasteiger partial charge in [-0.15, -0.1) is 0 Å². The van der Waals surface area contributed by atoms with Crippen molar-refractivity contribution in [2.45, 2.75) is 4.90 Å². The molecule has 12 heavy (non-hydrogen) atoms. The Kier molecular flexibility index (Phi) is 1.95. The predicted molar refractivity (Wildman–Crippen MR) is 39.6 cm³/mol. The van der Waals surface area contributed by atoms with Crippen molar-refractivity contribution in [1.82, 2.24) is 0 Å². The summed E-state index contributed by atoms with van der Waals surface area (Å²) in [5, 5.41) is 17.8. The molecule has 0 saturated heterocycles. The van der Waals surface area contributed by atoms with Crippen molar-refractivity contribution < 1.29 is 23.2 Å². The molecule has 0 unspecified atom stereocenters. The summed E-state index contributed by atoms with van der Waals surface area (Å²) in [5.41, 5.74) is 0. The number of phenols is 2. The zero-order valence-corrected chi connectivity index (χ0v) is 6.61. The minimum absolute atomic E-state index is 0.592. The third-order valence-corrected chi connectivity index (χ3v) is 2.14. The van der Waals surface area contributed by atoms with Crippen molar-refractivity contribution in [2.75, 3.05) is 0 Å². The molecule has 0 saturated carbocycles. The molecule has 0 atom stereocenters. The lowest BCUT2D eigenvalue weighted by Gasteiger charge is -2.01. The molecule has 0 aliphatic carbocycles. The molecular weight excluding hydrogens is 184 g/mol. The first-order valence-electron chi connectivity index (χ1n) is 2.91. The Bertz CT molecular complexity index is 394. The maximum Gasteiger partial charge on any atom is 0.298 e. The van der Waals surface area contributed by atoms with Gasteiger partial charge in [0.1, 0.15) is 4.90 Å². The Morgan fingerprint density at radius 2 is 1.75 bits per heavy atom. The summed E-state index contributed by atoms with van der Waals surface area (Å²) in [5.74, 6) is -1.44. The van der Waals surface area contributed by atoms with Crippen LogP contribution in [0.3, 0.4) is 0 Å². The first kappa shape index (κ1) is 8.82. The topological polar surface area (TPSA) is 94.8 Å². The molecule has 1 aromatic carbocycles. The Hall–Kier alpha value is -1.27. The van der Waals surface area contributed by atoms with Crippen LogP contribution in [0.5, 0.6) is 11.5 Å². The fourth-order valence-electron chi connectivity index (χ4n) is 0.719. The Morgan fingerprint density at radius 3 is 2.17 bits per heavy atom. The first-order chi connectivity index (χ1) is 5.43. The number of aromatic hydroxyl groups is 2. The summed E-state index contributed by atoms with van der Waals surface area (Å²) >= 11 is 0. The fraction of sp³-hybridized carbons (Fsp3) is 0. The Labute approximate surface area is 68.6 Å². The predicted octanol–water partition coefficient (Wildman–Crippen LogP) is 0.345. The number of hydrogen-bond donors (Lipinski definition) is 3. The standard InChI is InChI=1S/C6H6O5S/c7-4-2-1-3-5(6(4)8)12(9,10)11/h1-3,7-8H,(H,9,10,11). The average Bonchev–Trinajstić information content (AvgIpc) is 1.92. The molecule has 0 aromatic heterocycles. The van der Waals surface area contributed by atoms with E-state index in [0.29, 0.717) is 0 Å². The second kappa shape index (κ2) is 2.65. The normalized spacial score (nSPS) is 11.4. The zero-order chi connectivity index (χ0) is 9.35. The van der Waals surface area contributed by atoms with Crippen molar-refractivity contribution in [1.29, 1.82) is 0 Å². The molecule has 0 bridgehead atoms. The van der Waals surface area contributed by atoms with E-state index in [0.717, 1.165) is 12.1 Å². The molecule has 5 nitrogen and oxygen atoms in total. The van der Waals surface area contributed by atoms with Crippen molar-refractivity contribution in [3.63, 3.8) is 0 Å². The lowest BCUT2D eigenvalue weighted by atomic mass is 10.3. The van der Waals surface area contributed by atoms with Crippen molar-refractivity contribution >= 4 is 10.1 Å². The van der Waals surface area contributed by atoms with Crippen molar-refractivity contribution in [3.8, 4) is 11.5 Å². The van der Waals surface area contributed by atoms with Gasteiger partial charge in [-0.05, 0) is 12.1 Å². The first-order valence-corrected chi connectivity index (χ1v) is 4.35. The summed E-state index contributed by atoms with van der Waals surface area (Å²) in [6.45, 7) is 0. The molecule has 0 aliphatic rings. The molecule has 66 valence electrons. The maximum absolute atomic E-state index is 10.5. The van der Waals surface area contributed by atoms with Crippen LogP contribution < -0.4 is 0 Å².